The van der Waals surface area contributed by atoms with Crippen LogP contribution in [0, 0.1) is 6.92 Å². The Morgan fingerprint density at radius 2 is 2.00 bits per heavy atom. The van der Waals surface area contributed by atoms with Crippen molar-refractivity contribution in [3.63, 3.8) is 0 Å². The first-order valence-corrected chi connectivity index (χ1v) is 12.6. The van der Waals surface area contributed by atoms with Crippen LogP contribution in [0.2, 0.25) is 0 Å². The molecule has 2 aromatic heterocycles. The summed E-state index contributed by atoms with van der Waals surface area (Å²) in [5.41, 5.74) is 1.98. The molecule has 2 aromatic carbocycles. The van der Waals surface area contributed by atoms with Gasteiger partial charge in [0, 0.05) is 10.4 Å². The van der Waals surface area contributed by atoms with Gasteiger partial charge in [0.1, 0.15) is 23.3 Å². The minimum Gasteiger partial charge on any atom is -0.507 e. The molecule has 9 heteroatoms. The highest BCUT2D eigenvalue weighted by Gasteiger charge is 2.48. The molecule has 0 radical (unpaired) electrons. The zero-order valence-corrected chi connectivity index (χ0v) is 20.9. The summed E-state index contributed by atoms with van der Waals surface area (Å²) >= 11 is 2.71. The number of benzene rings is 2. The Bertz CT molecular complexity index is 1470. The van der Waals surface area contributed by atoms with Crippen LogP contribution in [0.4, 0.5) is 5.13 Å². The number of aliphatic hydroxyl groups excluding tert-OH is 1. The third-order valence-electron chi connectivity index (χ3n) is 5.79. The van der Waals surface area contributed by atoms with Crippen molar-refractivity contribution in [1.82, 2.24) is 4.98 Å². The van der Waals surface area contributed by atoms with E-state index in [9.17, 15) is 14.7 Å². The molecular weight excluding hydrogens is 484 g/mol. The van der Waals surface area contributed by atoms with Crippen LogP contribution < -0.4 is 14.4 Å². The lowest BCUT2D eigenvalue weighted by molar-refractivity contribution is -0.132. The number of hydrogen-bond acceptors (Lipinski definition) is 8. The van der Waals surface area contributed by atoms with Crippen molar-refractivity contribution < 1.29 is 24.2 Å². The lowest BCUT2D eigenvalue weighted by Crippen LogP contribution is -2.28. The molecule has 1 aliphatic heterocycles. The number of hydrogen-bond donors (Lipinski definition) is 1. The fraction of sp³-hybridized carbons (Fsp3) is 0.192. The number of amides is 1. The van der Waals surface area contributed by atoms with Crippen LogP contribution >= 0.6 is 22.7 Å². The SMILES string of the molecule is CCOc1ccc2nc(N3C(=O)C(=O)/C(=C(/O)c4ccc(OC)c(C)c4)C3c3cccs3)sc2c1. The van der Waals surface area contributed by atoms with Crippen LogP contribution in [-0.4, -0.2) is 35.5 Å². The van der Waals surface area contributed by atoms with E-state index in [1.165, 1.54) is 27.6 Å². The summed E-state index contributed by atoms with van der Waals surface area (Å²) in [4.78, 5) is 33.4. The van der Waals surface area contributed by atoms with E-state index in [-0.39, 0.29) is 11.3 Å². The number of fused-ring (bicyclic) bond motifs is 1. The number of aryl methyl sites for hydroxylation is 1. The molecule has 1 atom stereocenters. The number of nitrogens with zero attached hydrogens (tertiary/aromatic N) is 2. The number of anilines is 1. The number of rotatable bonds is 6. The van der Waals surface area contributed by atoms with Gasteiger partial charge in [0.25, 0.3) is 5.78 Å². The summed E-state index contributed by atoms with van der Waals surface area (Å²) in [6.07, 6.45) is 0. The zero-order valence-electron chi connectivity index (χ0n) is 19.3. The summed E-state index contributed by atoms with van der Waals surface area (Å²) in [6.45, 7) is 4.30. The number of ketones is 1. The first-order chi connectivity index (χ1) is 16.9. The molecule has 0 aliphatic carbocycles. The largest absolute Gasteiger partial charge is 0.507 e. The van der Waals surface area contributed by atoms with Crippen LogP contribution in [0.1, 0.15) is 29.0 Å². The van der Waals surface area contributed by atoms with Crippen molar-refractivity contribution in [2.75, 3.05) is 18.6 Å². The first kappa shape index (κ1) is 23.1. The van der Waals surface area contributed by atoms with Crippen molar-refractivity contribution >= 4 is 55.5 Å². The number of thiophene rings is 1. The Hall–Kier alpha value is -3.69. The minimum absolute atomic E-state index is 0.0382. The molecule has 5 rings (SSSR count). The maximum atomic E-state index is 13.3. The number of aliphatic hydroxyl groups is 1. The smallest absolute Gasteiger partial charge is 0.301 e. The third-order valence-corrected chi connectivity index (χ3v) is 7.73. The highest BCUT2D eigenvalue weighted by atomic mass is 32.1. The minimum atomic E-state index is -0.788. The van der Waals surface area contributed by atoms with Crippen molar-refractivity contribution in [1.29, 1.82) is 0 Å². The van der Waals surface area contributed by atoms with E-state index < -0.39 is 17.7 Å². The third kappa shape index (κ3) is 3.96. The van der Waals surface area contributed by atoms with Crippen molar-refractivity contribution in [3.05, 3.63) is 75.5 Å². The van der Waals surface area contributed by atoms with Gasteiger partial charge in [-0.3, -0.25) is 14.5 Å². The van der Waals surface area contributed by atoms with E-state index in [2.05, 4.69) is 4.98 Å². The molecule has 0 bridgehead atoms. The van der Waals surface area contributed by atoms with Gasteiger partial charge in [-0.15, -0.1) is 11.3 Å². The highest BCUT2D eigenvalue weighted by Crippen LogP contribution is 2.45. The topological polar surface area (TPSA) is 89.0 Å². The van der Waals surface area contributed by atoms with Gasteiger partial charge in [-0.2, -0.15) is 0 Å². The number of carbonyl (C=O) groups is 2. The van der Waals surface area contributed by atoms with Crippen molar-refractivity contribution in [2.24, 2.45) is 0 Å². The Labute approximate surface area is 209 Å². The predicted molar refractivity (Wildman–Crippen MR) is 138 cm³/mol. The molecule has 1 fully saturated rings. The standard InChI is InChI=1S/C26H22N2O5S2/c1-4-33-16-8-9-17-20(13-16)35-26(27-17)28-22(19-6-5-11-34-19)21(24(30)25(28)31)23(29)15-7-10-18(32-3)14(2)12-15/h5-13,22,29H,4H2,1-3H3/b23-21+. The van der Waals surface area contributed by atoms with Crippen LogP contribution in [0.5, 0.6) is 11.5 Å². The summed E-state index contributed by atoms with van der Waals surface area (Å²) in [5, 5.41) is 13.5. The fourth-order valence-corrected chi connectivity index (χ4v) is 6.02. The average molecular weight is 507 g/mol. The fourth-order valence-electron chi connectivity index (χ4n) is 4.18. The van der Waals surface area contributed by atoms with Crippen LogP contribution in [-0.2, 0) is 9.59 Å². The van der Waals surface area contributed by atoms with Gasteiger partial charge in [-0.05, 0) is 67.3 Å². The number of ether oxygens (including phenoxy) is 2. The Morgan fingerprint density at radius 3 is 2.69 bits per heavy atom. The van der Waals surface area contributed by atoms with Gasteiger partial charge in [0.05, 0.1) is 29.5 Å². The second kappa shape index (κ2) is 9.16. The summed E-state index contributed by atoms with van der Waals surface area (Å²) in [7, 11) is 1.57. The second-order valence-corrected chi connectivity index (χ2v) is 9.92. The molecule has 1 unspecified atom stereocenters. The van der Waals surface area contributed by atoms with E-state index in [1.807, 2.05) is 49.6 Å². The Kier molecular flexibility index (Phi) is 6.04. The molecule has 1 N–H and O–H groups in total. The Morgan fingerprint density at radius 1 is 1.17 bits per heavy atom. The molecule has 1 saturated heterocycles. The molecule has 0 spiro atoms. The average Bonchev–Trinajstić information content (AvgIpc) is 3.57. The number of methoxy groups -OCH3 is 1. The summed E-state index contributed by atoms with van der Waals surface area (Å²) in [6, 6.07) is 13.6. The number of Topliss-reactive ketones (excluding diaryl/α,β-unsaturated/α-hetero) is 1. The van der Waals surface area contributed by atoms with Gasteiger partial charge >= 0.3 is 5.91 Å². The lowest BCUT2D eigenvalue weighted by atomic mass is 9.99. The second-order valence-electron chi connectivity index (χ2n) is 7.93. The molecule has 1 amide bonds. The van der Waals surface area contributed by atoms with E-state index in [1.54, 1.807) is 25.3 Å². The normalized spacial score (nSPS) is 17.3. The number of thiazole rings is 1. The molecule has 35 heavy (non-hydrogen) atoms. The van der Waals surface area contributed by atoms with E-state index in [0.717, 1.165) is 15.1 Å². The van der Waals surface area contributed by atoms with E-state index in [0.29, 0.717) is 34.3 Å². The quantitative estimate of drug-likeness (QED) is 0.205. The molecule has 3 heterocycles. The highest BCUT2D eigenvalue weighted by molar-refractivity contribution is 7.22. The summed E-state index contributed by atoms with van der Waals surface area (Å²) in [5.74, 6) is -0.322. The maximum Gasteiger partial charge on any atom is 0.301 e. The van der Waals surface area contributed by atoms with Gasteiger partial charge < -0.3 is 14.6 Å². The number of aromatic nitrogens is 1. The monoisotopic (exact) mass is 506 g/mol. The van der Waals surface area contributed by atoms with Crippen LogP contribution in [0.15, 0.2) is 59.5 Å². The van der Waals surface area contributed by atoms with Crippen LogP contribution in [0.3, 0.4) is 0 Å². The van der Waals surface area contributed by atoms with Crippen molar-refractivity contribution in [2.45, 2.75) is 19.9 Å². The maximum absolute atomic E-state index is 13.3. The van der Waals surface area contributed by atoms with E-state index in [4.69, 9.17) is 9.47 Å². The van der Waals surface area contributed by atoms with E-state index >= 15 is 0 Å². The Balaban J connectivity index is 1.66. The van der Waals surface area contributed by atoms with Gasteiger partial charge in [0.15, 0.2) is 5.13 Å². The van der Waals surface area contributed by atoms with Crippen molar-refractivity contribution in [3.8, 4) is 11.5 Å². The number of carbonyl (C=O) groups excluding carboxylic acids is 2. The summed E-state index contributed by atoms with van der Waals surface area (Å²) < 4.78 is 11.7. The van der Waals surface area contributed by atoms with Crippen LogP contribution in [0.25, 0.3) is 16.0 Å². The predicted octanol–water partition coefficient (Wildman–Crippen LogP) is 5.70. The molecule has 0 saturated carbocycles. The van der Waals surface area contributed by atoms with Gasteiger partial charge in [0.2, 0.25) is 0 Å². The molecule has 4 aromatic rings. The van der Waals surface area contributed by atoms with Gasteiger partial charge in [-0.25, -0.2) is 4.98 Å². The molecule has 1 aliphatic rings. The van der Waals surface area contributed by atoms with Gasteiger partial charge in [-0.1, -0.05) is 17.4 Å². The first-order valence-electron chi connectivity index (χ1n) is 11.0. The zero-order chi connectivity index (χ0) is 24.7. The lowest BCUT2D eigenvalue weighted by Gasteiger charge is -2.21. The molecule has 7 nitrogen and oxygen atoms in total. The molecule has 178 valence electrons. The molecular formula is C26H22N2O5S2.